The molecule has 0 aliphatic heterocycles. The van der Waals surface area contributed by atoms with Gasteiger partial charge in [0, 0.05) is 29.2 Å². The van der Waals surface area contributed by atoms with E-state index in [9.17, 15) is 4.79 Å². The number of nitrogens with zero attached hydrogens (tertiary/aromatic N) is 2. The zero-order chi connectivity index (χ0) is 20.1. The summed E-state index contributed by atoms with van der Waals surface area (Å²) < 4.78 is 12.4. The van der Waals surface area contributed by atoms with Crippen LogP contribution >= 0.6 is 23.4 Å². The quantitative estimate of drug-likeness (QED) is 0.570. The highest BCUT2D eigenvalue weighted by Crippen LogP contribution is 2.31. The summed E-state index contributed by atoms with van der Waals surface area (Å²) in [6, 6.07) is 11.1. The van der Waals surface area contributed by atoms with Crippen molar-refractivity contribution in [1.29, 1.82) is 0 Å². The molecule has 0 fully saturated rings. The van der Waals surface area contributed by atoms with E-state index in [0.29, 0.717) is 16.5 Å². The Morgan fingerprint density at radius 1 is 1.21 bits per heavy atom. The number of thioether (sulfide) groups is 1. The molecular formula is C20H20ClN3O3S. The zero-order valence-corrected chi connectivity index (χ0v) is 17.3. The molecule has 3 rings (SSSR count). The minimum absolute atomic E-state index is 0.158. The normalized spacial score (nSPS) is 10.6. The lowest BCUT2D eigenvalue weighted by Crippen LogP contribution is -2.15. The molecule has 0 radical (unpaired) electrons. The number of hydrogen-bond acceptors (Lipinski definition) is 5. The Morgan fingerprint density at radius 3 is 2.64 bits per heavy atom. The Labute approximate surface area is 172 Å². The average Bonchev–Trinajstić information content (AvgIpc) is 3.17. The monoisotopic (exact) mass is 417 g/mol. The van der Waals surface area contributed by atoms with Crippen molar-refractivity contribution in [2.24, 2.45) is 0 Å². The second-order valence-corrected chi connectivity index (χ2v) is 7.27. The summed E-state index contributed by atoms with van der Waals surface area (Å²) in [6.45, 7) is 1.87. The van der Waals surface area contributed by atoms with E-state index in [1.807, 2.05) is 42.0 Å². The van der Waals surface area contributed by atoms with E-state index in [1.165, 1.54) is 18.9 Å². The Kier molecular flexibility index (Phi) is 6.49. The number of anilines is 1. The number of methoxy groups -OCH3 is 2. The molecule has 0 aliphatic rings. The molecular weight excluding hydrogens is 398 g/mol. The summed E-state index contributed by atoms with van der Waals surface area (Å²) in [5, 5.41) is 4.18. The average molecular weight is 418 g/mol. The van der Waals surface area contributed by atoms with Gasteiger partial charge in [0.2, 0.25) is 5.91 Å². The number of nitrogens with one attached hydrogen (secondary N) is 1. The SMILES string of the molecule is COc1ccc(-n2ccnc2SCC(=O)Nc2cc(C)c(Cl)cc2OC)cc1. The van der Waals surface area contributed by atoms with Crippen LogP contribution in [0.1, 0.15) is 5.56 Å². The summed E-state index contributed by atoms with van der Waals surface area (Å²) in [4.78, 5) is 16.8. The van der Waals surface area contributed by atoms with E-state index in [0.717, 1.165) is 22.2 Å². The van der Waals surface area contributed by atoms with Crippen LogP contribution in [0.25, 0.3) is 5.69 Å². The molecule has 0 atom stereocenters. The van der Waals surface area contributed by atoms with Gasteiger partial charge in [-0.15, -0.1) is 0 Å². The molecule has 0 saturated heterocycles. The lowest BCUT2D eigenvalue weighted by Gasteiger charge is -2.12. The fraction of sp³-hybridized carbons (Fsp3) is 0.200. The molecule has 0 bridgehead atoms. The van der Waals surface area contributed by atoms with Crippen molar-refractivity contribution in [3.63, 3.8) is 0 Å². The van der Waals surface area contributed by atoms with Crippen LogP contribution in [0.15, 0.2) is 53.9 Å². The maximum Gasteiger partial charge on any atom is 0.234 e. The second kappa shape index (κ2) is 9.03. The number of rotatable bonds is 7. The van der Waals surface area contributed by atoms with E-state index in [4.69, 9.17) is 21.1 Å². The minimum Gasteiger partial charge on any atom is -0.497 e. The third-order valence-corrected chi connectivity index (χ3v) is 5.42. The van der Waals surface area contributed by atoms with E-state index in [-0.39, 0.29) is 11.7 Å². The molecule has 1 amide bonds. The summed E-state index contributed by atoms with van der Waals surface area (Å²) in [7, 11) is 3.17. The van der Waals surface area contributed by atoms with Gasteiger partial charge in [-0.3, -0.25) is 9.36 Å². The molecule has 0 unspecified atom stereocenters. The molecule has 28 heavy (non-hydrogen) atoms. The van der Waals surface area contributed by atoms with Gasteiger partial charge in [0.25, 0.3) is 0 Å². The number of aryl methyl sites for hydroxylation is 1. The summed E-state index contributed by atoms with van der Waals surface area (Å²) >= 11 is 7.46. The highest BCUT2D eigenvalue weighted by Gasteiger charge is 2.13. The van der Waals surface area contributed by atoms with Crippen LogP contribution < -0.4 is 14.8 Å². The molecule has 6 nitrogen and oxygen atoms in total. The lowest BCUT2D eigenvalue weighted by atomic mass is 10.2. The van der Waals surface area contributed by atoms with Gasteiger partial charge in [0.15, 0.2) is 5.16 Å². The first-order valence-electron chi connectivity index (χ1n) is 8.46. The van der Waals surface area contributed by atoms with Crippen LogP contribution in [0.5, 0.6) is 11.5 Å². The number of ether oxygens (including phenoxy) is 2. The second-order valence-electron chi connectivity index (χ2n) is 5.92. The van der Waals surface area contributed by atoms with E-state index < -0.39 is 0 Å². The smallest absolute Gasteiger partial charge is 0.234 e. The van der Waals surface area contributed by atoms with Crippen LogP contribution in [-0.2, 0) is 4.79 Å². The van der Waals surface area contributed by atoms with Gasteiger partial charge in [-0.25, -0.2) is 4.98 Å². The Bertz CT molecular complexity index is 973. The molecule has 146 valence electrons. The number of carbonyl (C=O) groups is 1. The first kappa shape index (κ1) is 20.1. The van der Waals surface area contributed by atoms with E-state index >= 15 is 0 Å². The number of hydrogen-bond donors (Lipinski definition) is 1. The van der Waals surface area contributed by atoms with Crippen molar-refractivity contribution < 1.29 is 14.3 Å². The first-order valence-corrected chi connectivity index (χ1v) is 9.82. The Balaban J connectivity index is 1.67. The molecule has 0 aliphatic carbocycles. The third-order valence-electron chi connectivity index (χ3n) is 4.04. The predicted molar refractivity (Wildman–Crippen MR) is 112 cm³/mol. The molecule has 2 aromatic carbocycles. The summed E-state index contributed by atoms with van der Waals surface area (Å²) in [5.41, 5.74) is 2.39. The van der Waals surface area contributed by atoms with Crippen molar-refractivity contribution in [3.8, 4) is 17.2 Å². The van der Waals surface area contributed by atoms with Crippen LogP contribution in [0.2, 0.25) is 5.02 Å². The number of halogens is 1. The maximum atomic E-state index is 12.4. The molecule has 1 aromatic heterocycles. The topological polar surface area (TPSA) is 65.4 Å². The highest BCUT2D eigenvalue weighted by atomic mass is 35.5. The number of aromatic nitrogens is 2. The van der Waals surface area contributed by atoms with Crippen molar-refractivity contribution >= 4 is 35.0 Å². The van der Waals surface area contributed by atoms with Gasteiger partial charge >= 0.3 is 0 Å². The molecule has 1 heterocycles. The van der Waals surface area contributed by atoms with Crippen molar-refractivity contribution in [2.45, 2.75) is 12.1 Å². The number of imidazole rings is 1. The summed E-state index contributed by atoms with van der Waals surface area (Å²) in [6.07, 6.45) is 3.56. The van der Waals surface area contributed by atoms with Crippen molar-refractivity contribution in [3.05, 3.63) is 59.4 Å². The fourth-order valence-electron chi connectivity index (χ4n) is 2.58. The summed E-state index contributed by atoms with van der Waals surface area (Å²) in [5.74, 6) is 1.35. The standard InChI is InChI=1S/C20H20ClN3O3S/c1-13-10-17(18(27-3)11-16(13)21)23-19(25)12-28-20-22-8-9-24(20)14-4-6-15(26-2)7-5-14/h4-11H,12H2,1-3H3,(H,23,25). The van der Waals surface area contributed by atoms with Crippen molar-refractivity contribution in [2.75, 3.05) is 25.3 Å². The van der Waals surface area contributed by atoms with Crippen molar-refractivity contribution in [1.82, 2.24) is 9.55 Å². The van der Waals surface area contributed by atoms with Gasteiger partial charge in [-0.05, 0) is 42.8 Å². The fourth-order valence-corrected chi connectivity index (χ4v) is 3.51. The number of benzene rings is 2. The maximum absolute atomic E-state index is 12.4. The molecule has 0 saturated carbocycles. The van der Waals surface area contributed by atoms with Crippen LogP contribution in [0.3, 0.4) is 0 Å². The predicted octanol–water partition coefficient (Wildman–Crippen LogP) is 4.58. The number of carbonyl (C=O) groups excluding carboxylic acids is 1. The van der Waals surface area contributed by atoms with Gasteiger partial charge in [0.1, 0.15) is 11.5 Å². The van der Waals surface area contributed by atoms with Crippen LogP contribution in [-0.4, -0.2) is 35.4 Å². The zero-order valence-electron chi connectivity index (χ0n) is 15.7. The first-order chi connectivity index (χ1) is 13.5. The van der Waals surface area contributed by atoms with Gasteiger partial charge in [0.05, 0.1) is 25.7 Å². The van der Waals surface area contributed by atoms with E-state index in [2.05, 4.69) is 10.3 Å². The molecule has 0 spiro atoms. The highest BCUT2D eigenvalue weighted by molar-refractivity contribution is 7.99. The van der Waals surface area contributed by atoms with Gasteiger partial charge in [-0.1, -0.05) is 23.4 Å². The number of amides is 1. The van der Waals surface area contributed by atoms with Crippen LogP contribution in [0, 0.1) is 6.92 Å². The largest absolute Gasteiger partial charge is 0.497 e. The van der Waals surface area contributed by atoms with Crippen LogP contribution in [0.4, 0.5) is 5.69 Å². The molecule has 8 heteroatoms. The third kappa shape index (κ3) is 4.61. The van der Waals surface area contributed by atoms with Gasteiger partial charge < -0.3 is 14.8 Å². The van der Waals surface area contributed by atoms with E-state index in [1.54, 1.807) is 25.4 Å². The molecule has 1 N–H and O–H groups in total. The minimum atomic E-state index is -0.158. The Hall–Kier alpha value is -2.64. The molecule has 3 aromatic rings. The van der Waals surface area contributed by atoms with Gasteiger partial charge in [-0.2, -0.15) is 0 Å². The lowest BCUT2D eigenvalue weighted by molar-refractivity contribution is -0.113. The Morgan fingerprint density at radius 2 is 1.96 bits per heavy atom.